The lowest BCUT2D eigenvalue weighted by molar-refractivity contribution is -0.124. The minimum atomic E-state index is -0.334. The number of hydrogen-bond donors (Lipinski definition) is 2. The van der Waals surface area contributed by atoms with Crippen LogP contribution in [0.1, 0.15) is 53.2 Å². The summed E-state index contributed by atoms with van der Waals surface area (Å²) in [7, 11) is 0. The Hall–Kier alpha value is -3.15. The van der Waals surface area contributed by atoms with Crippen LogP contribution >= 0.6 is 0 Å². The van der Waals surface area contributed by atoms with Crippen LogP contribution in [0.4, 0.5) is 5.69 Å². The van der Waals surface area contributed by atoms with Gasteiger partial charge in [0.05, 0.1) is 13.2 Å². The molecule has 0 aliphatic carbocycles. The van der Waals surface area contributed by atoms with Crippen LogP contribution in [0, 0.1) is 20.8 Å². The molecule has 0 atom stereocenters. The molecule has 0 fully saturated rings. The minimum absolute atomic E-state index is 0.0305. The van der Waals surface area contributed by atoms with E-state index in [4.69, 9.17) is 4.74 Å². The number of ether oxygens (including phenoxy) is 1. The summed E-state index contributed by atoms with van der Waals surface area (Å²) in [6.45, 7) is 8.39. The number of benzene rings is 2. The van der Waals surface area contributed by atoms with Crippen molar-refractivity contribution < 1.29 is 19.1 Å². The van der Waals surface area contributed by atoms with Gasteiger partial charge < -0.3 is 15.4 Å². The number of aryl methyl sites for hydroxylation is 3. The molecule has 0 aromatic heterocycles. The third-order valence-electron chi connectivity index (χ3n) is 4.62. The van der Waals surface area contributed by atoms with Crippen molar-refractivity contribution in [3.63, 3.8) is 0 Å². The third-order valence-corrected chi connectivity index (χ3v) is 4.62. The number of carbonyl (C=O) groups is 3. The zero-order chi connectivity index (χ0) is 22.1. The van der Waals surface area contributed by atoms with Crippen molar-refractivity contribution in [1.82, 2.24) is 5.32 Å². The Bertz CT molecular complexity index is 881. The van der Waals surface area contributed by atoms with Crippen LogP contribution in [0.15, 0.2) is 36.4 Å². The first kappa shape index (κ1) is 23.1. The van der Waals surface area contributed by atoms with Gasteiger partial charge in [-0.25, -0.2) is 0 Å². The zero-order valence-corrected chi connectivity index (χ0v) is 18.1. The second-order valence-corrected chi connectivity index (χ2v) is 7.39. The summed E-state index contributed by atoms with van der Waals surface area (Å²) in [4.78, 5) is 36.4. The van der Waals surface area contributed by atoms with Crippen LogP contribution in [0.5, 0.6) is 5.75 Å². The lowest BCUT2D eigenvalue weighted by atomic mass is 10.1. The van der Waals surface area contributed by atoms with E-state index < -0.39 is 0 Å². The van der Waals surface area contributed by atoms with Crippen molar-refractivity contribution in [2.75, 3.05) is 18.5 Å². The molecule has 30 heavy (non-hydrogen) atoms. The Morgan fingerprint density at radius 2 is 1.53 bits per heavy atom. The molecule has 0 spiro atoms. The second-order valence-electron chi connectivity index (χ2n) is 7.39. The largest absolute Gasteiger partial charge is 0.494 e. The molecular weight excluding hydrogens is 380 g/mol. The van der Waals surface area contributed by atoms with Gasteiger partial charge in [-0.2, -0.15) is 0 Å². The predicted octanol–water partition coefficient (Wildman–Crippen LogP) is 4.12. The van der Waals surface area contributed by atoms with Gasteiger partial charge in [0.25, 0.3) is 0 Å². The molecular formula is C24H30N2O4. The summed E-state index contributed by atoms with van der Waals surface area (Å²) >= 11 is 0. The standard InChI is InChI=1S/C24H30N2O4/c1-5-12-30-20-8-6-19(7-9-20)21(27)10-11-22(28)25-15-23(29)26-24-17(3)13-16(2)14-18(24)4/h6-9,13-14H,5,10-12,15H2,1-4H3,(H,25,28)(H,26,29). The Balaban J connectivity index is 1.76. The zero-order valence-electron chi connectivity index (χ0n) is 18.1. The van der Waals surface area contributed by atoms with Crippen LogP contribution in [0.3, 0.4) is 0 Å². The Morgan fingerprint density at radius 1 is 0.900 bits per heavy atom. The van der Waals surface area contributed by atoms with Crippen molar-refractivity contribution >= 4 is 23.3 Å². The Labute approximate surface area is 178 Å². The summed E-state index contributed by atoms with van der Waals surface area (Å²) in [5.74, 6) is -0.0371. The van der Waals surface area contributed by atoms with Gasteiger partial charge >= 0.3 is 0 Å². The fraction of sp³-hybridized carbons (Fsp3) is 0.375. The molecule has 0 heterocycles. The lowest BCUT2D eigenvalue weighted by Gasteiger charge is -2.13. The number of anilines is 1. The quantitative estimate of drug-likeness (QED) is 0.577. The van der Waals surface area contributed by atoms with Gasteiger partial charge in [0.2, 0.25) is 11.8 Å². The van der Waals surface area contributed by atoms with E-state index in [0.717, 1.165) is 34.5 Å². The van der Waals surface area contributed by atoms with Crippen LogP contribution in [-0.4, -0.2) is 30.7 Å². The Morgan fingerprint density at radius 3 is 2.13 bits per heavy atom. The molecule has 0 radical (unpaired) electrons. The van der Waals surface area contributed by atoms with Gasteiger partial charge in [-0.1, -0.05) is 24.6 Å². The van der Waals surface area contributed by atoms with E-state index in [0.29, 0.717) is 12.2 Å². The molecule has 2 N–H and O–H groups in total. The van der Waals surface area contributed by atoms with E-state index in [2.05, 4.69) is 10.6 Å². The van der Waals surface area contributed by atoms with E-state index in [-0.39, 0.29) is 37.0 Å². The van der Waals surface area contributed by atoms with Gasteiger partial charge in [-0.3, -0.25) is 14.4 Å². The number of amides is 2. The number of Topliss-reactive ketones (excluding diaryl/α,β-unsaturated/α-hetero) is 1. The monoisotopic (exact) mass is 410 g/mol. The summed E-state index contributed by atoms with van der Waals surface area (Å²) in [5.41, 5.74) is 4.38. The summed E-state index contributed by atoms with van der Waals surface area (Å²) in [6, 6.07) is 10.9. The first-order valence-electron chi connectivity index (χ1n) is 10.2. The maximum Gasteiger partial charge on any atom is 0.243 e. The van der Waals surface area contributed by atoms with Crippen LogP contribution in [0.2, 0.25) is 0 Å². The molecule has 0 aliphatic heterocycles. The fourth-order valence-electron chi connectivity index (χ4n) is 3.16. The number of rotatable bonds is 10. The van der Waals surface area contributed by atoms with Crippen LogP contribution in [0.25, 0.3) is 0 Å². The molecule has 2 amide bonds. The van der Waals surface area contributed by atoms with Gasteiger partial charge in [0.15, 0.2) is 5.78 Å². The molecule has 0 aliphatic rings. The number of ketones is 1. The third kappa shape index (κ3) is 7.03. The normalized spacial score (nSPS) is 10.4. The fourth-order valence-corrected chi connectivity index (χ4v) is 3.16. The van der Waals surface area contributed by atoms with Crippen molar-refractivity contribution in [3.8, 4) is 5.75 Å². The van der Waals surface area contributed by atoms with Gasteiger partial charge in [-0.15, -0.1) is 0 Å². The second kappa shape index (κ2) is 11.1. The molecule has 0 bridgehead atoms. The molecule has 0 saturated carbocycles. The van der Waals surface area contributed by atoms with E-state index in [1.165, 1.54) is 0 Å². The minimum Gasteiger partial charge on any atom is -0.494 e. The van der Waals surface area contributed by atoms with Crippen molar-refractivity contribution in [2.24, 2.45) is 0 Å². The maximum absolute atomic E-state index is 12.3. The molecule has 2 rings (SSSR count). The van der Waals surface area contributed by atoms with Crippen LogP contribution < -0.4 is 15.4 Å². The molecule has 2 aromatic carbocycles. The number of nitrogens with one attached hydrogen (secondary N) is 2. The summed E-state index contributed by atoms with van der Waals surface area (Å²) < 4.78 is 5.49. The molecule has 6 heteroatoms. The molecule has 160 valence electrons. The highest BCUT2D eigenvalue weighted by molar-refractivity contribution is 5.99. The number of hydrogen-bond acceptors (Lipinski definition) is 4. The topological polar surface area (TPSA) is 84.5 Å². The average molecular weight is 411 g/mol. The highest BCUT2D eigenvalue weighted by Crippen LogP contribution is 2.21. The highest BCUT2D eigenvalue weighted by atomic mass is 16.5. The SMILES string of the molecule is CCCOc1ccc(C(=O)CCC(=O)NCC(=O)Nc2c(C)cc(C)cc2C)cc1. The molecule has 0 saturated heterocycles. The van der Waals surface area contributed by atoms with E-state index in [9.17, 15) is 14.4 Å². The maximum atomic E-state index is 12.3. The summed E-state index contributed by atoms with van der Waals surface area (Å²) in [5, 5.41) is 5.41. The molecule has 6 nitrogen and oxygen atoms in total. The molecule has 2 aromatic rings. The first-order valence-corrected chi connectivity index (χ1v) is 10.2. The van der Waals surface area contributed by atoms with E-state index >= 15 is 0 Å². The Kier molecular flexibility index (Phi) is 8.59. The smallest absolute Gasteiger partial charge is 0.243 e. The van der Waals surface area contributed by atoms with Crippen molar-refractivity contribution in [1.29, 1.82) is 0 Å². The van der Waals surface area contributed by atoms with E-state index in [1.54, 1.807) is 24.3 Å². The van der Waals surface area contributed by atoms with E-state index in [1.807, 2.05) is 39.8 Å². The van der Waals surface area contributed by atoms with Crippen molar-refractivity contribution in [2.45, 2.75) is 47.0 Å². The molecule has 0 unspecified atom stereocenters. The average Bonchev–Trinajstić information content (AvgIpc) is 2.71. The van der Waals surface area contributed by atoms with Gasteiger partial charge in [0, 0.05) is 24.1 Å². The van der Waals surface area contributed by atoms with Gasteiger partial charge in [-0.05, 0) is 62.6 Å². The first-order chi connectivity index (χ1) is 14.3. The van der Waals surface area contributed by atoms with Crippen molar-refractivity contribution in [3.05, 3.63) is 58.7 Å². The predicted molar refractivity (Wildman–Crippen MR) is 118 cm³/mol. The summed E-state index contributed by atoms with van der Waals surface area (Å²) in [6.07, 6.45) is 1.03. The lowest BCUT2D eigenvalue weighted by Crippen LogP contribution is -2.33. The number of carbonyl (C=O) groups excluding carboxylic acids is 3. The van der Waals surface area contributed by atoms with Crippen LogP contribution in [-0.2, 0) is 9.59 Å². The highest BCUT2D eigenvalue weighted by Gasteiger charge is 2.12. The van der Waals surface area contributed by atoms with Gasteiger partial charge in [0.1, 0.15) is 5.75 Å².